The Labute approximate surface area is 94.0 Å². The number of nitrogens with two attached hydrogens (primary N) is 1. The highest BCUT2D eigenvalue weighted by molar-refractivity contribution is 4.73. The van der Waals surface area contributed by atoms with E-state index in [4.69, 9.17) is 10.5 Å². The van der Waals surface area contributed by atoms with Crippen LogP contribution in [0, 0.1) is 11.8 Å². The molecular formula is C12H26N2O. The van der Waals surface area contributed by atoms with Crippen molar-refractivity contribution in [3.8, 4) is 0 Å². The molecule has 3 heteroatoms. The summed E-state index contributed by atoms with van der Waals surface area (Å²) in [5, 5.41) is 0. The monoisotopic (exact) mass is 214 g/mol. The van der Waals surface area contributed by atoms with Gasteiger partial charge in [-0.2, -0.15) is 0 Å². The third-order valence-electron chi connectivity index (χ3n) is 3.39. The lowest BCUT2D eigenvalue weighted by molar-refractivity contribution is 0.0866. The molecule has 1 aliphatic rings. The summed E-state index contributed by atoms with van der Waals surface area (Å²) < 4.78 is 5.39. The van der Waals surface area contributed by atoms with Gasteiger partial charge in [0.25, 0.3) is 0 Å². The Kier molecular flexibility index (Phi) is 6.22. The van der Waals surface area contributed by atoms with Gasteiger partial charge in [0.1, 0.15) is 0 Å². The van der Waals surface area contributed by atoms with Gasteiger partial charge in [0.2, 0.25) is 0 Å². The van der Waals surface area contributed by atoms with Crippen molar-refractivity contribution in [3.05, 3.63) is 0 Å². The Morgan fingerprint density at radius 1 is 1.27 bits per heavy atom. The van der Waals surface area contributed by atoms with E-state index in [-0.39, 0.29) is 0 Å². The van der Waals surface area contributed by atoms with Gasteiger partial charge >= 0.3 is 0 Å². The summed E-state index contributed by atoms with van der Waals surface area (Å²) >= 11 is 0. The Balaban J connectivity index is 2.04. The summed E-state index contributed by atoms with van der Waals surface area (Å²) in [5.41, 5.74) is 5.36. The van der Waals surface area contributed by atoms with Crippen molar-refractivity contribution in [2.24, 2.45) is 17.6 Å². The molecule has 0 spiro atoms. The fraction of sp³-hybridized carbons (Fsp3) is 1.00. The standard InChI is InChI=1S/C12H26N2O/c1-11(2)12-3-6-14(7-4-12)8-10-15-9-5-13/h11-12H,3-10,13H2,1-2H3. The second kappa shape index (κ2) is 7.20. The molecule has 0 atom stereocenters. The van der Waals surface area contributed by atoms with Gasteiger partial charge in [-0.05, 0) is 37.8 Å². The summed E-state index contributed by atoms with van der Waals surface area (Å²) in [4.78, 5) is 2.51. The van der Waals surface area contributed by atoms with E-state index in [1.165, 1.54) is 25.9 Å². The van der Waals surface area contributed by atoms with Crippen LogP contribution in [0.15, 0.2) is 0 Å². The highest BCUT2D eigenvalue weighted by atomic mass is 16.5. The first-order valence-corrected chi connectivity index (χ1v) is 6.24. The molecule has 0 radical (unpaired) electrons. The highest BCUT2D eigenvalue weighted by Crippen LogP contribution is 2.23. The quantitative estimate of drug-likeness (QED) is 0.678. The van der Waals surface area contributed by atoms with Gasteiger partial charge in [-0.3, -0.25) is 0 Å². The van der Waals surface area contributed by atoms with E-state index in [9.17, 15) is 0 Å². The lowest BCUT2D eigenvalue weighted by Crippen LogP contribution is -2.37. The smallest absolute Gasteiger partial charge is 0.0594 e. The van der Waals surface area contributed by atoms with E-state index in [2.05, 4.69) is 18.7 Å². The Hall–Kier alpha value is -0.120. The molecule has 1 heterocycles. The van der Waals surface area contributed by atoms with E-state index in [0.717, 1.165) is 25.0 Å². The molecule has 1 aliphatic heterocycles. The maximum Gasteiger partial charge on any atom is 0.0594 e. The molecule has 0 bridgehead atoms. The van der Waals surface area contributed by atoms with Crippen molar-refractivity contribution in [1.29, 1.82) is 0 Å². The Morgan fingerprint density at radius 3 is 2.47 bits per heavy atom. The van der Waals surface area contributed by atoms with Crippen LogP contribution in [-0.2, 0) is 4.74 Å². The van der Waals surface area contributed by atoms with Gasteiger partial charge in [0.05, 0.1) is 13.2 Å². The Morgan fingerprint density at radius 2 is 1.93 bits per heavy atom. The molecule has 15 heavy (non-hydrogen) atoms. The van der Waals surface area contributed by atoms with E-state index in [1.54, 1.807) is 0 Å². The fourth-order valence-electron chi connectivity index (χ4n) is 2.22. The first-order chi connectivity index (χ1) is 7.24. The average Bonchev–Trinajstić information content (AvgIpc) is 2.25. The summed E-state index contributed by atoms with van der Waals surface area (Å²) in [6.07, 6.45) is 2.71. The molecule has 1 fully saturated rings. The Bertz CT molecular complexity index is 154. The minimum Gasteiger partial charge on any atom is -0.379 e. The normalized spacial score (nSPS) is 20.0. The van der Waals surface area contributed by atoms with Crippen LogP contribution >= 0.6 is 0 Å². The van der Waals surface area contributed by atoms with Crippen molar-refractivity contribution in [3.63, 3.8) is 0 Å². The van der Waals surface area contributed by atoms with E-state index in [1.807, 2.05) is 0 Å². The van der Waals surface area contributed by atoms with Crippen molar-refractivity contribution >= 4 is 0 Å². The maximum atomic E-state index is 5.39. The minimum atomic E-state index is 0.634. The molecule has 0 aromatic carbocycles. The van der Waals surface area contributed by atoms with Crippen LogP contribution < -0.4 is 5.73 Å². The van der Waals surface area contributed by atoms with Crippen molar-refractivity contribution in [1.82, 2.24) is 4.90 Å². The zero-order valence-electron chi connectivity index (χ0n) is 10.2. The van der Waals surface area contributed by atoms with Gasteiger partial charge in [-0.1, -0.05) is 13.8 Å². The number of hydrogen-bond donors (Lipinski definition) is 1. The molecule has 2 N–H and O–H groups in total. The molecule has 3 nitrogen and oxygen atoms in total. The van der Waals surface area contributed by atoms with E-state index >= 15 is 0 Å². The van der Waals surface area contributed by atoms with Crippen LogP contribution in [-0.4, -0.2) is 44.3 Å². The van der Waals surface area contributed by atoms with Crippen LogP contribution in [0.3, 0.4) is 0 Å². The largest absolute Gasteiger partial charge is 0.379 e. The number of nitrogens with zero attached hydrogens (tertiary/aromatic N) is 1. The van der Waals surface area contributed by atoms with E-state index < -0.39 is 0 Å². The fourth-order valence-corrected chi connectivity index (χ4v) is 2.22. The van der Waals surface area contributed by atoms with Crippen LogP contribution in [0.5, 0.6) is 0 Å². The first kappa shape index (κ1) is 12.9. The third kappa shape index (κ3) is 4.96. The second-order valence-corrected chi connectivity index (χ2v) is 4.82. The van der Waals surface area contributed by atoms with Gasteiger partial charge in [-0.25, -0.2) is 0 Å². The van der Waals surface area contributed by atoms with Gasteiger partial charge in [-0.15, -0.1) is 0 Å². The zero-order valence-corrected chi connectivity index (χ0v) is 10.2. The molecule has 0 saturated carbocycles. The summed E-state index contributed by atoms with van der Waals surface area (Å²) in [5.74, 6) is 1.78. The van der Waals surface area contributed by atoms with E-state index in [0.29, 0.717) is 13.2 Å². The molecule has 0 aromatic heterocycles. The maximum absolute atomic E-state index is 5.39. The molecule has 0 aliphatic carbocycles. The lowest BCUT2D eigenvalue weighted by atomic mass is 9.87. The van der Waals surface area contributed by atoms with Crippen LogP contribution in [0.4, 0.5) is 0 Å². The number of rotatable bonds is 6. The van der Waals surface area contributed by atoms with Gasteiger partial charge in [0, 0.05) is 13.1 Å². The number of piperidine rings is 1. The first-order valence-electron chi connectivity index (χ1n) is 6.24. The van der Waals surface area contributed by atoms with Crippen molar-refractivity contribution in [2.75, 3.05) is 39.4 Å². The molecule has 1 rings (SSSR count). The molecule has 0 unspecified atom stereocenters. The highest BCUT2D eigenvalue weighted by Gasteiger charge is 2.20. The summed E-state index contributed by atoms with van der Waals surface area (Å²) in [6, 6.07) is 0. The molecule has 0 amide bonds. The van der Waals surface area contributed by atoms with Gasteiger partial charge in [0.15, 0.2) is 0 Å². The van der Waals surface area contributed by atoms with Crippen LogP contribution in [0.25, 0.3) is 0 Å². The predicted molar refractivity (Wildman–Crippen MR) is 63.9 cm³/mol. The zero-order chi connectivity index (χ0) is 11.1. The number of likely N-dealkylation sites (tertiary alicyclic amines) is 1. The molecular weight excluding hydrogens is 188 g/mol. The SMILES string of the molecule is CC(C)C1CCN(CCOCCN)CC1. The van der Waals surface area contributed by atoms with Crippen molar-refractivity contribution < 1.29 is 4.74 Å². The topological polar surface area (TPSA) is 38.5 Å². The molecule has 90 valence electrons. The number of ether oxygens (including phenoxy) is 1. The van der Waals surface area contributed by atoms with Gasteiger partial charge < -0.3 is 15.4 Å². The molecule has 0 aromatic rings. The van der Waals surface area contributed by atoms with Crippen molar-refractivity contribution in [2.45, 2.75) is 26.7 Å². The predicted octanol–water partition coefficient (Wildman–Crippen LogP) is 1.33. The van der Waals surface area contributed by atoms with Crippen LogP contribution in [0.2, 0.25) is 0 Å². The minimum absolute atomic E-state index is 0.634. The third-order valence-corrected chi connectivity index (χ3v) is 3.39. The number of hydrogen-bond acceptors (Lipinski definition) is 3. The molecule has 1 saturated heterocycles. The summed E-state index contributed by atoms with van der Waals surface area (Å²) in [7, 11) is 0. The lowest BCUT2D eigenvalue weighted by Gasteiger charge is -2.33. The van der Waals surface area contributed by atoms with Crippen LogP contribution in [0.1, 0.15) is 26.7 Å². The second-order valence-electron chi connectivity index (χ2n) is 4.82. The average molecular weight is 214 g/mol. The summed E-state index contributed by atoms with van der Waals surface area (Å²) in [6.45, 7) is 10.4.